The van der Waals surface area contributed by atoms with E-state index in [9.17, 15) is 4.79 Å². The van der Waals surface area contributed by atoms with Gasteiger partial charge in [-0.3, -0.25) is 14.7 Å². The van der Waals surface area contributed by atoms with Crippen molar-refractivity contribution in [2.45, 2.75) is 50.6 Å². The van der Waals surface area contributed by atoms with Gasteiger partial charge in [-0.25, -0.2) is 0 Å². The second-order valence-electron chi connectivity index (χ2n) is 6.07. The zero-order valence-electron chi connectivity index (χ0n) is 11.3. The summed E-state index contributed by atoms with van der Waals surface area (Å²) in [5, 5.41) is 12.6. The van der Waals surface area contributed by atoms with Crippen molar-refractivity contribution in [1.29, 1.82) is 0 Å². The molecule has 1 saturated carbocycles. The maximum Gasteiger partial charge on any atom is 0.306 e. The van der Waals surface area contributed by atoms with Gasteiger partial charge in [-0.15, -0.1) is 0 Å². The molecule has 5 nitrogen and oxygen atoms in total. The molecule has 2 unspecified atom stereocenters. The molecule has 2 heterocycles. The highest BCUT2D eigenvalue weighted by atomic mass is 16.4. The third-order valence-electron chi connectivity index (χ3n) is 4.71. The third kappa shape index (κ3) is 2.91. The molecule has 0 spiro atoms. The number of piperidine rings is 1. The van der Waals surface area contributed by atoms with E-state index in [0.29, 0.717) is 12.1 Å². The van der Waals surface area contributed by atoms with E-state index < -0.39 is 5.97 Å². The quantitative estimate of drug-likeness (QED) is 0.802. The fraction of sp³-hybridized carbons (Fsp3) is 0.857. The Morgan fingerprint density at radius 3 is 2.68 bits per heavy atom. The van der Waals surface area contributed by atoms with Gasteiger partial charge in [0.05, 0.1) is 18.5 Å². The van der Waals surface area contributed by atoms with Crippen LogP contribution in [-0.4, -0.2) is 53.5 Å². The van der Waals surface area contributed by atoms with Crippen LogP contribution in [-0.2, 0) is 4.79 Å². The number of hydrogen-bond donors (Lipinski definition) is 2. The Bertz CT molecular complexity index is 375. The van der Waals surface area contributed by atoms with Crippen molar-refractivity contribution in [1.82, 2.24) is 10.2 Å². The molecule has 3 rings (SSSR count). The van der Waals surface area contributed by atoms with Crippen LogP contribution in [0.25, 0.3) is 0 Å². The number of hydrogen-bond acceptors (Lipinski definition) is 4. The highest BCUT2D eigenvalue weighted by Gasteiger charge is 2.32. The minimum atomic E-state index is -0.637. The molecule has 0 bridgehead atoms. The van der Waals surface area contributed by atoms with E-state index in [0.717, 1.165) is 38.3 Å². The van der Waals surface area contributed by atoms with Crippen molar-refractivity contribution in [2.75, 3.05) is 19.6 Å². The van der Waals surface area contributed by atoms with E-state index >= 15 is 0 Å². The second kappa shape index (κ2) is 5.49. The number of nitrogens with one attached hydrogen (secondary N) is 1. The van der Waals surface area contributed by atoms with Gasteiger partial charge in [0, 0.05) is 6.04 Å². The summed E-state index contributed by atoms with van der Waals surface area (Å²) in [4.78, 5) is 18.1. The van der Waals surface area contributed by atoms with Crippen LogP contribution in [0.2, 0.25) is 0 Å². The van der Waals surface area contributed by atoms with Gasteiger partial charge < -0.3 is 10.4 Å². The number of nitrogens with zero attached hydrogens (tertiary/aromatic N) is 2. The monoisotopic (exact) mass is 265 g/mol. The van der Waals surface area contributed by atoms with Crippen LogP contribution in [0.1, 0.15) is 38.5 Å². The molecule has 5 heteroatoms. The number of aliphatic carboxylic acids is 1. The second-order valence-corrected chi connectivity index (χ2v) is 6.07. The number of carboxylic acid groups (broad SMARTS) is 1. The highest BCUT2D eigenvalue weighted by Crippen LogP contribution is 2.25. The number of rotatable bonds is 3. The Balaban J connectivity index is 1.49. The number of carboxylic acids is 1. The van der Waals surface area contributed by atoms with Gasteiger partial charge in [0.1, 0.15) is 5.84 Å². The largest absolute Gasteiger partial charge is 0.481 e. The summed E-state index contributed by atoms with van der Waals surface area (Å²) in [6, 6.07) is 1.07. The number of aliphatic imine (C=N–C) groups is 1. The zero-order valence-corrected chi connectivity index (χ0v) is 11.3. The maximum atomic E-state index is 10.9. The van der Waals surface area contributed by atoms with E-state index in [1.807, 2.05) is 0 Å². The Kier molecular flexibility index (Phi) is 3.73. The average Bonchev–Trinajstić information content (AvgIpc) is 2.81. The van der Waals surface area contributed by atoms with E-state index in [-0.39, 0.29) is 5.92 Å². The van der Waals surface area contributed by atoms with Crippen molar-refractivity contribution in [3.05, 3.63) is 0 Å². The van der Waals surface area contributed by atoms with Crippen molar-refractivity contribution in [3.63, 3.8) is 0 Å². The van der Waals surface area contributed by atoms with Crippen molar-refractivity contribution in [2.24, 2.45) is 10.9 Å². The first-order valence-electron chi connectivity index (χ1n) is 7.51. The van der Waals surface area contributed by atoms with Crippen LogP contribution < -0.4 is 5.32 Å². The minimum absolute atomic E-state index is 0.141. The van der Waals surface area contributed by atoms with Crippen LogP contribution in [0.5, 0.6) is 0 Å². The molecule has 0 aromatic carbocycles. The number of amidine groups is 1. The molecule has 0 aromatic rings. The molecule has 106 valence electrons. The molecule has 2 atom stereocenters. The van der Waals surface area contributed by atoms with Gasteiger partial charge in [0.15, 0.2) is 0 Å². The van der Waals surface area contributed by atoms with E-state index in [1.165, 1.54) is 25.7 Å². The smallest absolute Gasteiger partial charge is 0.306 e. The summed E-state index contributed by atoms with van der Waals surface area (Å²) >= 11 is 0. The van der Waals surface area contributed by atoms with E-state index in [4.69, 9.17) is 10.1 Å². The van der Waals surface area contributed by atoms with Crippen LogP contribution in [0.4, 0.5) is 0 Å². The molecular weight excluding hydrogens is 242 g/mol. The standard InChI is InChI=1S/C14H23N3O2/c18-14(19)10-5-7-17(8-6-10)9-13-15-11-3-1-2-4-12(11)16-13/h10-12H,1-9H2,(H,15,16)(H,18,19). The van der Waals surface area contributed by atoms with Gasteiger partial charge in [-0.05, 0) is 38.8 Å². The third-order valence-corrected chi connectivity index (χ3v) is 4.71. The predicted molar refractivity (Wildman–Crippen MR) is 73.4 cm³/mol. The lowest BCUT2D eigenvalue weighted by atomic mass is 9.92. The van der Waals surface area contributed by atoms with Gasteiger partial charge in [0.2, 0.25) is 0 Å². The van der Waals surface area contributed by atoms with Gasteiger partial charge >= 0.3 is 5.97 Å². The van der Waals surface area contributed by atoms with Crippen molar-refractivity contribution < 1.29 is 9.90 Å². The molecule has 19 heavy (non-hydrogen) atoms. The zero-order chi connectivity index (χ0) is 13.2. The summed E-state index contributed by atoms with van der Waals surface area (Å²) in [6.07, 6.45) is 6.65. The Hall–Kier alpha value is -1.10. The molecule has 0 radical (unpaired) electrons. The van der Waals surface area contributed by atoms with Crippen molar-refractivity contribution >= 4 is 11.8 Å². The summed E-state index contributed by atoms with van der Waals surface area (Å²) in [5.74, 6) is 0.352. The fourth-order valence-corrected chi connectivity index (χ4v) is 3.52. The topological polar surface area (TPSA) is 64.9 Å². The molecular formula is C14H23N3O2. The molecule has 0 aromatic heterocycles. The lowest BCUT2D eigenvalue weighted by molar-refractivity contribution is -0.143. The summed E-state index contributed by atoms with van der Waals surface area (Å²) in [6.45, 7) is 2.64. The van der Waals surface area contributed by atoms with Crippen LogP contribution in [0.15, 0.2) is 4.99 Å². The first-order valence-corrected chi connectivity index (χ1v) is 7.51. The normalized spacial score (nSPS) is 32.5. The summed E-state index contributed by atoms with van der Waals surface area (Å²) in [5.41, 5.74) is 0. The van der Waals surface area contributed by atoms with E-state index in [2.05, 4.69) is 10.2 Å². The SMILES string of the molecule is O=C(O)C1CCN(CC2=NC3CCCCC3N2)CC1. The van der Waals surface area contributed by atoms with Crippen LogP contribution in [0, 0.1) is 5.92 Å². The number of likely N-dealkylation sites (tertiary alicyclic amines) is 1. The summed E-state index contributed by atoms with van der Waals surface area (Å²) in [7, 11) is 0. The Morgan fingerprint density at radius 2 is 2.00 bits per heavy atom. The van der Waals surface area contributed by atoms with Gasteiger partial charge in [-0.1, -0.05) is 12.8 Å². The van der Waals surface area contributed by atoms with Gasteiger partial charge in [0.25, 0.3) is 0 Å². The fourth-order valence-electron chi connectivity index (χ4n) is 3.52. The highest BCUT2D eigenvalue weighted by molar-refractivity contribution is 5.86. The molecule has 2 fully saturated rings. The maximum absolute atomic E-state index is 10.9. The van der Waals surface area contributed by atoms with Gasteiger partial charge in [-0.2, -0.15) is 0 Å². The number of fused-ring (bicyclic) bond motifs is 1. The minimum Gasteiger partial charge on any atom is -0.481 e. The Morgan fingerprint density at radius 1 is 1.26 bits per heavy atom. The number of carbonyl (C=O) groups is 1. The van der Waals surface area contributed by atoms with E-state index in [1.54, 1.807) is 0 Å². The summed E-state index contributed by atoms with van der Waals surface area (Å²) < 4.78 is 0. The molecule has 3 aliphatic rings. The predicted octanol–water partition coefficient (Wildman–Crippen LogP) is 1.10. The van der Waals surface area contributed by atoms with Crippen LogP contribution in [0.3, 0.4) is 0 Å². The van der Waals surface area contributed by atoms with Crippen molar-refractivity contribution in [3.8, 4) is 0 Å². The Labute approximate surface area is 114 Å². The average molecular weight is 265 g/mol. The molecule has 1 aliphatic carbocycles. The molecule has 0 amide bonds. The first-order chi connectivity index (χ1) is 9.22. The molecule has 1 saturated heterocycles. The first kappa shape index (κ1) is 12.9. The lowest BCUT2D eigenvalue weighted by Gasteiger charge is -2.30. The lowest BCUT2D eigenvalue weighted by Crippen LogP contribution is -2.44. The van der Waals surface area contributed by atoms with Crippen LogP contribution >= 0.6 is 0 Å². The molecule has 2 aliphatic heterocycles. The molecule has 2 N–H and O–H groups in total.